The molecule has 5 nitrogen and oxygen atoms in total. The van der Waals surface area contributed by atoms with Crippen LogP contribution in [0.2, 0.25) is 0 Å². The van der Waals surface area contributed by atoms with E-state index in [0.29, 0.717) is 18.5 Å². The smallest absolute Gasteiger partial charge is 0.182 e. The number of ether oxygens (including phenoxy) is 2. The molecule has 0 aliphatic heterocycles. The summed E-state index contributed by atoms with van der Waals surface area (Å²) in [4.78, 5) is -0.486. The Labute approximate surface area is 118 Å². The van der Waals surface area contributed by atoms with Crippen LogP contribution in [-0.2, 0) is 9.84 Å². The van der Waals surface area contributed by atoms with Crippen molar-refractivity contribution in [1.29, 1.82) is 0 Å². The van der Waals surface area contributed by atoms with Crippen LogP contribution in [0, 0.1) is 5.82 Å². The van der Waals surface area contributed by atoms with Crippen molar-refractivity contribution in [1.82, 2.24) is 0 Å². The van der Waals surface area contributed by atoms with Crippen molar-refractivity contribution in [2.45, 2.75) is 24.2 Å². The maximum absolute atomic E-state index is 14.2. The molecule has 0 saturated carbocycles. The first-order valence-corrected chi connectivity index (χ1v) is 8.01. The summed E-state index contributed by atoms with van der Waals surface area (Å²) in [5.41, 5.74) is 6.05. The lowest BCUT2D eigenvalue weighted by molar-refractivity contribution is 0.336. The molecule has 1 atom stereocenters. The fourth-order valence-electron chi connectivity index (χ4n) is 2.12. The van der Waals surface area contributed by atoms with Gasteiger partial charge in [-0.25, -0.2) is 12.8 Å². The molecule has 0 bridgehead atoms. The molecular weight excluding hydrogens is 285 g/mol. The number of rotatable bonds is 6. The van der Waals surface area contributed by atoms with Crippen molar-refractivity contribution in [2.24, 2.45) is 5.73 Å². The number of hydrogen-bond acceptors (Lipinski definition) is 5. The van der Waals surface area contributed by atoms with Gasteiger partial charge in [0.1, 0.15) is 10.7 Å². The third-order valence-corrected chi connectivity index (χ3v) is 4.21. The van der Waals surface area contributed by atoms with Gasteiger partial charge in [-0.15, -0.1) is 0 Å². The quantitative estimate of drug-likeness (QED) is 0.865. The van der Waals surface area contributed by atoms with Crippen LogP contribution in [0.4, 0.5) is 4.39 Å². The highest BCUT2D eigenvalue weighted by molar-refractivity contribution is 7.90. The van der Waals surface area contributed by atoms with Crippen molar-refractivity contribution in [3.8, 4) is 11.5 Å². The van der Waals surface area contributed by atoms with Gasteiger partial charge in [0.05, 0.1) is 14.2 Å². The van der Waals surface area contributed by atoms with E-state index in [1.807, 2.05) is 6.92 Å². The van der Waals surface area contributed by atoms with Gasteiger partial charge in [-0.3, -0.25) is 0 Å². The Bertz CT molecular complexity index is 587. The summed E-state index contributed by atoms with van der Waals surface area (Å²) >= 11 is 0. The summed E-state index contributed by atoms with van der Waals surface area (Å²) in [7, 11) is -1.10. The summed E-state index contributed by atoms with van der Waals surface area (Å²) in [6.45, 7) is 2.30. The SMILES string of the molecule is COc1c(C(C)CCN)cc(F)c(S(C)(=O)=O)c1OC. The third-order valence-electron chi connectivity index (χ3n) is 3.08. The molecule has 1 unspecified atom stereocenters. The van der Waals surface area contributed by atoms with Crippen molar-refractivity contribution in [3.63, 3.8) is 0 Å². The van der Waals surface area contributed by atoms with E-state index in [1.165, 1.54) is 20.3 Å². The van der Waals surface area contributed by atoms with E-state index >= 15 is 0 Å². The Morgan fingerprint density at radius 2 is 1.85 bits per heavy atom. The maximum Gasteiger partial charge on any atom is 0.182 e. The molecule has 7 heteroatoms. The van der Waals surface area contributed by atoms with E-state index in [4.69, 9.17) is 15.2 Å². The van der Waals surface area contributed by atoms with Gasteiger partial charge < -0.3 is 15.2 Å². The van der Waals surface area contributed by atoms with E-state index in [-0.39, 0.29) is 17.4 Å². The molecule has 1 rings (SSSR count). The summed E-state index contributed by atoms with van der Waals surface area (Å²) < 4.78 is 47.9. The van der Waals surface area contributed by atoms with Gasteiger partial charge in [0.15, 0.2) is 21.3 Å². The van der Waals surface area contributed by atoms with Crippen molar-refractivity contribution < 1.29 is 22.3 Å². The fourth-order valence-corrected chi connectivity index (χ4v) is 3.05. The van der Waals surface area contributed by atoms with E-state index in [0.717, 1.165) is 6.26 Å². The van der Waals surface area contributed by atoms with Crippen LogP contribution in [0.25, 0.3) is 0 Å². The number of sulfone groups is 1. The summed E-state index contributed by atoms with van der Waals surface area (Å²) in [5.74, 6) is -0.792. The Morgan fingerprint density at radius 3 is 2.25 bits per heavy atom. The summed E-state index contributed by atoms with van der Waals surface area (Å²) in [6.07, 6.45) is 1.55. The Kier molecular flexibility index (Phi) is 5.35. The van der Waals surface area contributed by atoms with Crippen molar-refractivity contribution >= 4 is 9.84 Å². The standard InChI is InChI=1S/C13H20FNO4S/c1-8(5-6-15)9-7-10(14)13(20(4,16)17)12(19-3)11(9)18-2/h7-8H,5-6,15H2,1-4H3. The van der Waals surface area contributed by atoms with Crippen LogP contribution in [0.5, 0.6) is 11.5 Å². The zero-order valence-electron chi connectivity index (χ0n) is 12.1. The van der Waals surface area contributed by atoms with Crippen LogP contribution in [0.15, 0.2) is 11.0 Å². The molecule has 0 radical (unpaired) electrons. The number of halogens is 1. The second kappa shape index (κ2) is 6.41. The average Bonchev–Trinajstić information content (AvgIpc) is 2.35. The molecular formula is C13H20FNO4S. The number of benzene rings is 1. The minimum atomic E-state index is -3.77. The normalized spacial score (nSPS) is 13.1. The van der Waals surface area contributed by atoms with Gasteiger partial charge in [0, 0.05) is 11.8 Å². The average molecular weight is 305 g/mol. The monoisotopic (exact) mass is 305 g/mol. The highest BCUT2D eigenvalue weighted by atomic mass is 32.2. The van der Waals surface area contributed by atoms with Crippen LogP contribution in [0.1, 0.15) is 24.8 Å². The molecule has 0 saturated heterocycles. The van der Waals surface area contributed by atoms with Crippen LogP contribution in [-0.4, -0.2) is 35.4 Å². The minimum absolute atomic E-state index is 0.0769. The predicted octanol–water partition coefficient (Wildman–Crippen LogP) is 1.70. The Hall–Kier alpha value is -1.34. The van der Waals surface area contributed by atoms with E-state index in [2.05, 4.69) is 0 Å². The van der Waals surface area contributed by atoms with Gasteiger partial charge in [0.25, 0.3) is 0 Å². The zero-order valence-corrected chi connectivity index (χ0v) is 12.9. The van der Waals surface area contributed by atoms with Gasteiger partial charge >= 0.3 is 0 Å². The number of methoxy groups -OCH3 is 2. The molecule has 1 aromatic rings. The molecule has 0 spiro atoms. The second-order valence-corrected chi connectivity index (χ2v) is 6.55. The van der Waals surface area contributed by atoms with E-state index < -0.39 is 20.5 Å². The molecule has 0 aromatic heterocycles. The van der Waals surface area contributed by atoms with Crippen molar-refractivity contribution in [2.75, 3.05) is 27.0 Å². The Morgan fingerprint density at radius 1 is 1.30 bits per heavy atom. The van der Waals surface area contributed by atoms with Gasteiger partial charge in [-0.2, -0.15) is 0 Å². The molecule has 0 heterocycles. The first kappa shape index (κ1) is 16.7. The molecule has 20 heavy (non-hydrogen) atoms. The maximum atomic E-state index is 14.2. The minimum Gasteiger partial charge on any atom is -0.493 e. The van der Waals surface area contributed by atoms with E-state index in [1.54, 1.807) is 0 Å². The number of nitrogens with two attached hydrogens (primary N) is 1. The molecule has 114 valence electrons. The Balaban J connectivity index is 3.65. The lowest BCUT2D eigenvalue weighted by Gasteiger charge is -2.20. The fraction of sp³-hybridized carbons (Fsp3) is 0.538. The second-order valence-electron chi connectivity index (χ2n) is 4.59. The van der Waals surface area contributed by atoms with Crippen LogP contribution < -0.4 is 15.2 Å². The molecule has 0 aliphatic rings. The first-order valence-electron chi connectivity index (χ1n) is 6.12. The van der Waals surface area contributed by atoms with Gasteiger partial charge in [-0.05, 0) is 24.9 Å². The van der Waals surface area contributed by atoms with Crippen LogP contribution >= 0.6 is 0 Å². The summed E-state index contributed by atoms with van der Waals surface area (Å²) in [5, 5.41) is 0. The zero-order chi connectivity index (χ0) is 15.5. The topological polar surface area (TPSA) is 78.6 Å². The van der Waals surface area contributed by atoms with Gasteiger partial charge in [0.2, 0.25) is 0 Å². The summed E-state index contributed by atoms with van der Waals surface area (Å²) in [6, 6.07) is 1.18. The van der Waals surface area contributed by atoms with Crippen molar-refractivity contribution in [3.05, 3.63) is 17.4 Å². The number of hydrogen-bond donors (Lipinski definition) is 1. The highest BCUT2D eigenvalue weighted by Gasteiger charge is 2.28. The van der Waals surface area contributed by atoms with Crippen LogP contribution in [0.3, 0.4) is 0 Å². The molecule has 2 N–H and O–H groups in total. The molecule has 0 amide bonds. The highest BCUT2D eigenvalue weighted by Crippen LogP contribution is 2.42. The largest absolute Gasteiger partial charge is 0.493 e. The third kappa shape index (κ3) is 3.21. The predicted molar refractivity (Wildman–Crippen MR) is 74.7 cm³/mol. The molecule has 1 aromatic carbocycles. The van der Waals surface area contributed by atoms with Gasteiger partial charge in [-0.1, -0.05) is 6.92 Å². The molecule has 0 aliphatic carbocycles. The first-order chi connectivity index (χ1) is 9.27. The lowest BCUT2D eigenvalue weighted by Crippen LogP contribution is -2.11. The lowest BCUT2D eigenvalue weighted by atomic mass is 9.96. The molecule has 0 fully saturated rings. The van der Waals surface area contributed by atoms with E-state index in [9.17, 15) is 12.8 Å².